The number of phenolic OH excluding ortho intramolecular Hbond substituents is 2. The van der Waals surface area contributed by atoms with Crippen LogP contribution in [0.2, 0.25) is 10.0 Å². The van der Waals surface area contributed by atoms with Crippen molar-refractivity contribution < 1.29 is 46.2 Å². The summed E-state index contributed by atoms with van der Waals surface area (Å²) in [4.78, 5) is 48.0. The first-order valence-electron chi connectivity index (χ1n) is 19.7. The molecule has 6 aromatic carbocycles. The lowest BCUT2D eigenvalue weighted by molar-refractivity contribution is -0.115. The zero-order valence-electron chi connectivity index (χ0n) is 35.5. The van der Waals surface area contributed by atoms with Crippen LogP contribution in [-0.2, 0) is 29.3 Å². The van der Waals surface area contributed by atoms with Crippen LogP contribution >= 0.6 is 23.2 Å². The van der Waals surface area contributed by atoms with E-state index < -0.39 is 36.7 Å². The number of aryl methyl sites for hydroxylation is 2. The van der Waals surface area contributed by atoms with Gasteiger partial charge in [-0.15, -0.1) is 0 Å². The van der Waals surface area contributed by atoms with E-state index in [9.17, 15) is 46.2 Å². The highest BCUT2D eigenvalue weighted by Gasteiger charge is 2.33. The van der Waals surface area contributed by atoms with Crippen LogP contribution in [0.4, 0.5) is 22.7 Å². The Morgan fingerprint density at radius 3 is 1.54 bits per heavy atom. The first-order valence-corrected chi connectivity index (χ1v) is 23.7. The summed E-state index contributed by atoms with van der Waals surface area (Å²) < 4.78 is 48.7. The zero-order chi connectivity index (χ0) is 47.9. The molecule has 0 aromatic heterocycles. The predicted octanol–water partition coefficient (Wildman–Crippen LogP) is 9.45. The van der Waals surface area contributed by atoms with Gasteiger partial charge < -0.3 is 31.5 Å². The molecule has 0 heterocycles. The maximum absolute atomic E-state index is 13.0. The van der Waals surface area contributed by atoms with E-state index in [0.29, 0.717) is 22.4 Å². The van der Waals surface area contributed by atoms with Crippen molar-refractivity contribution in [3.63, 3.8) is 0 Å². The summed E-state index contributed by atoms with van der Waals surface area (Å²) in [5, 5.41) is 28.9. The van der Waals surface area contributed by atoms with Gasteiger partial charge in [-0.2, -0.15) is 0 Å². The molecule has 0 fully saturated rings. The molecule has 0 aliphatic rings. The predicted molar refractivity (Wildman–Crippen MR) is 255 cm³/mol. The molecule has 6 N–H and O–H groups in total. The average Bonchev–Trinajstić information content (AvgIpc) is 3.28. The van der Waals surface area contributed by atoms with Crippen LogP contribution in [0.3, 0.4) is 0 Å². The van der Waals surface area contributed by atoms with Crippen LogP contribution < -0.4 is 21.3 Å². The Bertz CT molecular complexity index is 2870. The van der Waals surface area contributed by atoms with Crippen molar-refractivity contribution in [2.24, 2.45) is 0 Å². The minimum absolute atomic E-state index is 0.0205. The van der Waals surface area contributed by atoms with Crippen molar-refractivity contribution in [2.45, 2.75) is 49.2 Å². The average molecular weight is 962 g/mol. The van der Waals surface area contributed by atoms with E-state index in [2.05, 4.69) is 21.3 Å². The number of sulfone groups is 2. The lowest BCUT2D eigenvalue weighted by Crippen LogP contribution is -2.34. The summed E-state index contributed by atoms with van der Waals surface area (Å²) >= 11 is 12.2. The molecule has 0 aliphatic heterocycles. The highest BCUT2D eigenvalue weighted by Crippen LogP contribution is 2.36. The van der Waals surface area contributed by atoms with Gasteiger partial charge in [-0.25, -0.2) is 16.8 Å². The number of benzene rings is 6. The van der Waals surface area contributed by atoms with Crippen LogP contribution in [0, 0.1) is 13.8 Å². The van der Waals surface area contributed by atoms with Crippen LogP contribution in [0.25, 0.3) is 0 Å². The van der Waals surface area contributed by atoms with Gasteiger partial charge in [0.15, 0.2) is 19.7 Å². The van der Waals surface area contributed by atoms with Crippen molar-refractivity contribution in [1.82, 2.24) is 0 Å². The Morgan fingerprint density at radius 1 is 0.585 bits per heavy atom. The van der Waals surface area contributed by atoms with Crippen molar-refractivity contribution in [3.8, 4) is 11.5 Å². The van der Waals surface area contributed by atoms with Gasteiger partial charge in [0.1, 0.15) is 16.7 Å². The second kappa shape index (κ2) is 23.3. The summed E-state index contributed by atoms with van der Waals surface area (Å²) in [5.41, 5.74) is 3.21. The molecule has 6 rings (SSSR count). The number of phenols is 2. The van der Waals surface area contributed by atoms with Crippen molar-refractivity contribution in [3.05, 3.63) is 166 Å². The number of carbonyl (C=O) groups excluding carboxylic acids is 4. The molecule has 14 nitrogen and oxygen atoms in total. The second-order valence-corrected chi connectivity index (χ2v) is 19.3. The Morgan fingerprint density at radius 2 is 1.08 bits per heavy atom. The Hall–Kier alpha value is -6.72. The van der Waals surface area contributed by atoms with Gasteiger partial charge in [0.2, 0.25) is 12.3 Å². The quantitative estimate of drug-likeness (QED) is 0.0475. The fraction of sp³-hybridized carbons (Fsp3) is 0.149. The molecule has 0 bridgehead atoms. The number of amides is 4. The number of carbonyl (C=O) groups is 4. The summed E-state index contributed by atoms with van der Waals surface area (Å²) in [6.07, 6.45) is 0.486. The standard InChI is InChI=1S/C24H23ClN2O5S.C14H11ClN2O3.C9H12O2S/c1-3-22(33(31,32)17-11-9-15(2)10-12-17)24(30)26-19-14-21(28)20(13-18(19)25)27-23(29)16-7-5-4-6-8-16;15-10-6-12(13(19)7-11(10)16-8-18)17-14(20)9-4-2-1-3-5-9;1-3-12(10,11)9-6-4-5-8(2)7-9/h4-14,22,28H,3H2,1-2H3,(H,26,30)(H,27,29);1-8,19H,(H,16,18)(H,17,20);4-7H,3H2,1-2H3. The molecule has 65 heavy (non-hydrogen) atoms. The Labute approximate surface area is 387 Å². The Kier molecular flexibility index (Phi) is 18.2. The Balaban J connectivity index is 0.000000243. The first-order chi connectivity index (χ1) is 30.8. The van der Waals surface area contributed by atoms with Gasteiger partial charge in [0.05, 0.1) is 48.3 Å². The molecular weight excluding hydrogens is 916 g/mol. The number of anilines is 4. The van der Waals surface area contributed by atoms with Gasteiger partial charge >= 0.3 is 0 Å². The number of rotatable bonds is 13. The summed E-state index contributed by atoms with van der Waals surface area (Å²) in [6.45, 7) is 6.96. The molecule has 340 valence electrons. The third-order valence-electron chi connectivity index (χ3n) is 9.33. The molecule has 1 atom stereocenters. The molecule has 6 aromatic rings. The summed E-state index contributed by atoms with van der Waals surface area (Å²) in [7, 11) is -6.96. The minimum atomic E-state index is -3.94. The second-order valence-electron chi connectivity index (χ2n) is 14.1. The SMILES string of the molecule is CCC(C(=O)Nc1cc(O)c(NC(=O)c2ccccc2)cc1Cl)S(=O)(=O)c1ccc(C)cc1.CCS(=O)(=O)c1cccc(C)c1.O=CNc1cc(O)c(NC(=O)c2ccccc2)cc1Cl. The third-order valence-corrected chi connectivity index (χ3v) is 13.9. The van der Waals surface area contributed by atoms with Crippen molar-refractivity contribution in [2.75, 3.05) is 27.0 Å². The zero-order valence-corrected chi connectivity index (χ0v) is 38.6. The molecule has 4 amide bonds. The van der Waals surface area contributed by atoms with E-state index in [1.165, 1.54) is 30.3 Å². The van der Waals surface area contributed by atoms with Gasteiger partial charge in [-0.3, -0.25) is 19.2 Å². The largest absolute Gasteiger partial charge is 0.506 e. The molecule has 0 aliphatic carbocycles. The van der Waals surface area contributed by atoms with E-state index in [-0.39, 0.29) is 67.3 Å². The number of aromatic hydroxyl groups is 2. The van der Waals surface area contributed by atoms with E-state index in [1.54, 1.807) is 105 Å². The molecule has 1 unspecified atom stereocenters. The van der Waals surface area contributed by atoms with Gasteiger partial charge in [-0.1, -0.05) is 103 Å². The lowest BCUT2D eigenvalue weighted by Gasteiger charge is -2.17. The fourth-order valence-corrected chi connectivity index (χ4v) is 8.83. The molecule has 0 saturated heterocycles. The van der Waals surface area contributed by atoms with Crippen molar-refractivity contribution >= 4 is 89.8 Å². The normalized spacial score (nSPS) is 11.3. The molecule has 0 saturated carbocycles. The van der Waals surface area contributed by atoms with Gasteiger partial charge in [-0.05, 0) is 86.5 Å². The van der Waals surface area contributed by atoms with Crippen LogP contribution in [0.15, 0.2) is 143 Å². The fourth-order valence-electron chi connectivity index (χ4n) is 5.79. The lowest BCUT2D eigenvalue weighted by atomic mass is 10.2. The van der Waals surface area contributed by atoms with E-state index >= 15 is 0 Å². The summed E-state index contributed by atoms with van der Waals surface area (Å²) in [5.74, 6) is -1.96. The molecule has 18 heteroatoms. The first kappa shape index (κ1) is 50.9. The number of nitrogens with one attached hydrogen (secondary N) is 4. The van der Waals surface area contributed by atoms with E-state index in [4.69, 9.17) is 23.2 Å². The molecule has 0 radical (unpaired) electrons. The maximum atomic E-state index is 13.0. The van der Waals surface area contributed by atoms with E-state index in [0.717, 1.165) is 17.2 Å². The monoisotopic (exact) mass is 960 g/mol. The topological polar surface area (TPSA) is 225 Å². The highest BCUT2D eigenvalue weighted by molar-refractivity contribution is 7.92. The van der Waals surface area contributed by atoms with Gasteiger partial charge in [0.25, 0.3) is 11.8 Å². The van der Waals surface area contributed by atoms with Gasteiger partial charge in [0, 0.05) is 23.3 Å². The maximum Gasteiger partial charge on any atom is 0.255 e. The number of hydrogen-bond acceptors (Lipinski definition) is 10. The number of hydrogen-bond donors (Lipinski definition) is 6. The smallest absolute Gasteiger partial charge is 0.255 e. The van der Waals surface area contributed by atoms with E-state index in [1.807, 2.05) is 19.9 Å². The van der Waals surface area contributed by atoms with Crippen LogP contribution in [0.1, 0.15) is 52.1 Å². The molecule has 0 spiro atoms. The van der Waals surface area contributed by atoms with Crippen LogP contribution in [-0.4, -0.2) is 62.2 Å². The van der Waals surface area contributed by atoms with Crippen LogP contribution in [0.5, 0.6) is 11.5 Å². The minimum Gasteiger partial charge on any atom is -0.506 e. The molecular formula is C47H46Cl2N4O10S2. The third kappa shape index (κ3) is 14.1. The number of halogens is 2. The van der Waals surface area contributed by atoms with Crippen molar-refractivity contribution in [1.29, 1.82) is 0 Å². The summed E-state index contributed by atoms with van der Waals surface area (Å²) in [6, 6.07) is 35.2. The highest BCUT2D eigenvalue weighted by atomic mass is 35.5.